The summed E-state index contributed by atoms with van der Waals surface area (Å²) in [5, 5.41) is 3.32. The number of rotatable bonds is 4. The van der Waals surface area contributed by atoms with Gasteiger partial charge >= 0.3 is 0 Å². The number of benzene rings is 1. The predicted molar refractivity (Wildman–Crippen MR) is 88.6 cm³/mol. The molecule has 0 unspecified atom stereocenters. The maximum absolute atomic E-state index is 12.4. The molecule has 1 aromatic rings. The fraction of sp³-hybridized carbons (Fsp3) is 0.467. The van der Waals surface area contributed by atoms with Gasteiger partial charge in [0.15, 0.2) is 0 Å². The van der Waals surface area contributed by atoms with Gasteiger partial charge in [-0.1, -0.05) is 27.5 Å². The van der Waals surface area contributed by atoms with E-state index in [0.717, 1.165) is 4.47 Å². The summed E-state index contributed by atoms with van der Waals surface area (Å²) >= 11 is 9.26. The predicted octanol–water partition coefficient (Wildman–Crippen LogP) is 3.48. The van der Waals surface area contributed by atoms with Crippen LogP contribution in [0.5, 0.6) is 0 Å². The second-order valence-electron chi connectivity index (χ2n) is 5.78. The van der Waals surface area contributed by atoms with Gasteiger partial charge in [0.1, 0.15) is 0 Å². The second kappa shape index (κ2) is 7.27. The molecule has 0 atom stereocenters. The van der Waals surface area contributed by atoms with Crippen molar-refractivity contribution >= 4 is 39.3 Å². The molecule has 0 aliphatic rings. The smallest absolute Gasteiger partial charge is 0.254 e. The van der Waals surface area contributed by atoms with E-state index >= 15 is 0 Å². The minimum atomic E-state index is -0.321. The van der Waals surface area contributed by atoms with Crippen LogP contribution in [-0.2, 0) is 4.79 Å². The number of hydrogen-bond acceptors (Lipinski definition) is 2. The fourth-order valence-corrected chi connectivity index (χ4v) is 2.68. The van der Waals surface area contributed by atoms with Crippen LogP contribution in [0.2, 0.25) is 5.02 Å². The number of likely N-dealkylation sites (N-methyl/N-ethyl adjacent to an activating group) is 1. The normalized spacial score (nSPS) is 11.1. The number of nitrogens with zero attached hydrogens (tertiary/aromatic N) is 1. The highest BCUT2D eigenvalue weighted by atomic mass is 79.9. The Labute approximate surface area is 139 Å². The lowest BCUT2D eigenvalue weighted by Crippen LogP contribution is -2.47. The van der Waals surface area contributed by atoms with Gasteiger partial charge in [0.25, 0.3) is 5.91 Å². The van der Waals surface area contributed by atoms with Gasteiger partial charge in [0.05, 0.1) is 6.54 Å². The molecular formula is C15H20BrClN2O2. The van der Waals surface area contributed by atoms with E-state index in [0.29, 0.717) is 17.1 Å². The molecule has 21 heavy (non-hydrogen) atoms. The number of amides is 2. The molecule has 0 bridgehead atoms. The molecule has 0 saturated heterocycles. The highest BCUT2D eigenvalue weighted by Gasteiger charge is 2.20. The minimum Gasteiger partial charge on any atom is -0.350 e. The van der Waals surface area contributed by atoms with Gasteiger partial charge in [-0.25, -0.2) is 0 Å². The van der Waals surface area contributed by atoms with E-state index in [4.69, 9.17) is 11.6 Å². The average molecular weight is 376 g/mol. The van der Waals surface area contributed by atoms with Crippen LogP contribution in [0.25, 0.3) is 0 Å². The van der Waals surface area contributed by atoms with Crippen molar-refractivity contribution in [3.05, 3.63) is 33.3 Å². The van der Waals surface area contributed by atoms with Crippen LogP contribution in [0.4, 0.5) is 0 Å². The molecule has 0 saturated carbocycles. The summed E-state index contributed by atoms with van der Waals surface area (Å²) in [6.07, 6.45) is 0. The van der Waals surface area contributed by atoms with Gasteiger partial charge < -0.3 is 10.2 Å². The third kappa shape index (κ3) is 6.06. The number of hydrogen-bond donors (Lipinski definition) is 1. The van der Waals surface area contributed by atoms with Gasteiger partial charge in [0.2, 0.25) is 5.91 Å². The zero-order valence-electron chi connectivity index (χ0n) is 12.7. The van der Waals surface area contributed by atoms with Crippen molar-refractivity contribution < 1.29 is 9.59 Å². The summed E-state index contributed by atoms with van der Waals surface area (Å²) in [5.74, 6) is -0.399. The van der Waals surface area contributed by atoms with E-state index in [9.17, 15) is 9.59 Å². The van der Waals surface area contributed by atoms with Crippen molar-refractivity contribution in [3.8, 4) is 0 Å². The number of halogens is 2. The third-order valence-electron chi connectivity index (χ3n) is 2.63. The summed E-state index contributed by atoms with van der Waals surface area (Å²) < 4.78 is 0.730. The Morgan fingerprint density at radius 3 is 2.38 bits per heavy atom. The molecule has 6 heteroatoms. The summed E-state index contributed by atoms with van der Waals surface area (Å²) in [6.45, 7) is 8.00. The summed E-state index contributed by atoms with van der Waals surface area (Å²) in [5.41, 5.74) is 0.137. The highest BCUT2D eigenvalue weighted by molar-refractivity contribution is 9.10. The Balaban J connectivity index is 2.84. The lowest BCUT2D eigenvalue weighted by Gasteiger charge is -2.25. The molecular weight excluding hydrogens is 356 g/mol. The van der Waals surface area contributed by atoms with Crippen LogP contribution < -0.4 is 5.32 Å². The Morgan fingerprint density at radius 1 is 1.29 bits per heavy atom. The first-order valence-corrected chi connectivity index (χ1v) is 7.86. The van der Waals surface area contributed by atoms with Crippen LogP contribution in [0.3, 0.4) is 0 Å². The van der Waals surface area contributed by atoms with Crippen molar-refractivity contribution in [1.29, 1.82) is 0 Å². The molecule has 0 heterocycles. The van der Waals surface area contributed by atoms with Gasteiger partial charge in [0, 0.05) is 27.1 Å². The summed E-state index contributed by atoms with van der Waals surface area (Å²) in [6, 6.07) is 5.00. The minimum absolute atomic E-state index is 0.0245. The molecule has 1 aromatic carbocycles. The Hall–Kier alpha value is -1.07. The first-order chi connectivity index (χ1) is 9.62. The van der Waals surface area contributed by atoms with Gasteiger partial charge in [-0.15, -0.1) is 0 Å². The number of nitrogens with one attached hydrogen (secondary N) is 1. The molecule has 116 valence electrons. The van der Waals surface area contributed by atoms with E-state index in [1.165, 1.54) is 4.90 Å². The van der Waals surface area contributed by atoms with E-state index in [1.54, 1.807) is 18.2 Å². The van der Waals surface area contributed by atoms with Crippen LogP contribution in [-0.4, -0.2) is 35.3 Å². The zero-order valence-corrected chi connectivity index (χ0v) is 15.0. The molecule has 1 rings (SSSR count). The third-order valence-corrected chi connectivity index (χ3v) is 3.30. The molecule has 0 aliphatic heterocycles. The van der Waals surface area contributed by atoms with Crippen LogP contribution in [0, 0.1) is 0 Å². The monoisotopic (exact) mass is 374 g/mol. The molecule has 1 N–H and O–H groups in total. The SMILES string of the molecule is CCN(CC(=O)NC(C)(C)C)C(=O)c1cc(Cl)cc(Br)c1. The molecule has 2 amide bonds. The van der Waals surface area contributed by atoms with Crippen LogP contribution in [0.1, 0.15) is 38.1 Å². The molecule has 0 aliphatic carbocycles. The van der Waals surface area contributed by atoms with E-state index in [2.05, 4.69) is 21.2 Å². The zero-order chi connectivity index (χ0) is 16.2. The quantitative estimate of drug-likeness (QED) is 0.876. The first-order valence-electron chi connectivity index (χ1n) is 6.68. The standard InChI is InChI=1S/C15H20BrClN2O2/c1-5-19(9-13(20)18-15(2,3)4)14(21)10-6-11(16)8-12(17)7-10/h6-8H,5,9H2,1-4H3,(H,18,20). The van der Waals surface area contributed by atoms with E-state index in [1.807, 2.05) is 27.7 Å². The van der Waals surface area contributed by atoms with Gasteiger partial charge in [-0.05, 0) is 45.9 Å². The van der Waals surface area contributed by atoms with E-state index < -0.39 is 0 Å². The van der Waals surface area contributed by atoms with Crippen molar-refractivity contribution in [1.82, 2.24) is 10.2 Å². The largest absolute Gasteiger partial charge is 0.350 e. The van der Waals surface area contributed by atoms with Gasteiger partial charge in [-0.3, -0.25) is 9.59 Å². The summed E-state index contributed by atoms with van der Waals surface area (Å²) in [7, 11) is 0. The Bertz CT molecular complexity index is 521. The van der Waals surface area contributed by atoms with Crippen LogP contribution >= 0.6 is 27.5 Å². The lowest BCUT2D eigenvalue weighted by molar-refractivity contribution is -0.123. The van der Waals surface area contributed by atoms with Crippen molar-refractivity contribution in [3.63, 3.8) is 0 Å². The number of carbonyl (C=O) groups excluding carboxylic acids is 2. The summed E-state index contributed by atoms with van der Waals surface area (Å²) in [4.78, 5) is 25.9. The van der Waals surface area contributed by atoms with Crippen LogP contribution in [0.15, 0.2) is 22.7 Å². The van der Waals surface area contributed by atoms with E-state index in [-0.39, 0.29) is 23.9 Å². The lowest BCUT2D eigenvalue weighted by atomic mass is 10.1. The fourth-order valence-electron chi connectivity index (χ4n) is 1.82. The first kappa shape index (κ1) is 18.0. The average Bonchev–Trinajstić information content (AvgIpc) is 2.31. The molecule has 0 radical (unpaired) electrons. The molecule has 0 fully saturated rings. The molecule has 0 spiro atoms. The molecule has 0 aromatic heterocycles. The highest BCUT2D eigenvalue weighted by Crippen LogP contribution is 2.20. The maximum atomic E-state index is 12.4. The topological polar surface area (TPSA) is 49.4 Å². The van der Waals surface area contributed by atoms with Gasteiger partial charge in [-0.2, -0.15) is 0 Å². The van der Waals surface area contributed by atoms with Crippen molar-refractivity contribution in [2.45, 2.75) is 33.2 Å². The number of carbonyl (C=O) groups is 2. The van der Waals surface area contributed by atoms with Crippen molar-refractivity contribution in [2.24, 2.45) is 0 Å². The second-order valence-corrected chi connectivity index (χ2v) is 7.13. The Morgan fingerprint density at radius 2 is 1.90 bits per heavy atom. The van der Waals surface area contributed by atoms with Crippen molar-refractivity contribution in [2.75, 3.05) is 13.1 Å². The Kier molecular flexibility index (Phi) is 6.23. The maximum Gasteiger partial charge on any atom is 0.254 e. The molecule has 4 nitrogen and oxygen atoms in total.